The lowest BCUT2D eigenvalue weighted by atomic mass is 10.2. The molecule has 2 aromatic carbocycles. The summed E-state index contributed by atoms with van der Waals surface area (Å²) in [6, 6.07) is 15.8. The van der Waals surface area contributed by atoms with Gasteiger partial charge in [-0.05, 0) is 24.6 Å². The fraction of sp³-hybridized carbons (Fsp3) is 0.176. The summed E-state index contributed by atoms with van der Waals surface area (Å²) in [5.74, 6) is -0.0518. The van der Waals surface area contributed by atoms with E-state index in [1.165, 1.54) is 0 Å². The van der Waals surface area contributed by atoms with Crippen LogP contribution in [-0.4, -0.2) is 15.7 Å². The van der Waals surface area contributed by atoms with Gasteiger partial charge in [-0.1, -0.05) is 52.3 Å². The zero-order valence-electron chi connectivity index (χ0n) is 12.2. The number of halogens is 1. The minimum Gasteiger partial charge on any atom is -0.350 e. The third-order valence-corrected chi connectivity index (χ3v) is 4.34. The molecule has 0 aliphatic carbocycles. The monoisotopic (exact) mass is 357 g/mol. The summed E-state index contributed by atoms with van der Waals surface area (Å²) in [5.41, 5.74) is 2.97. The standard InChI is InChI=1S/C17H16BrN3O/c1-12-14-7-3-5-9-16(14)21(20-12)11-17(22)19-10-13-6-2-4-8-15(13)18/h2-9H,10-11H2,1H3,(H,19,22). The van der Waals surface area contributed by atoms with Gasteiger partial charge in [0.05, 0.1) is 11.2 Å². The molecule has 0 aliphatic heterocycles. The van der Waals surface area contributed by atoms with Gasteiger partial charge in [0.2, 0.25) is 5.91 Å². The summed E-state index contributed by atoms with van der Waals surface area (Å²) >= 11 is 3.48. The van der Waals surface area contributed by atoms with Crippen LogP contribution < -0.4 is 5.32 Å². The number of aryl methyl sites for hydroxylation is 1. The average molecular weight is 358 g/mol. The van der Waals surface area contributed by atoms with Crippen LogP contribution in [0, 0.1) is 6.92 Å². The van der Waals surface area contributed by atoms with E-state index in [2.05, 4.69) is 26.3 Å². The lowest BCUT2D eigenvalue weighted by molar-refractivity contribution is -0.121. The number of carbonyl (C=O) groups excluding carboxylic acids is 1. The van der Waals surface area contributed by atoms with E-state index >= 15 is 0 Å². The van der Waals surface area contributed by atoms with Crippen molar-refractivity contribution in [1.29, 1.82) is 0 Å². The number of amides is 1. The van der Waals surface area contributed by atoms with Gasteiger partial charge >= 0.3 is 0 Å². The number of nitrogens with zero attached hydrogens (tertiary/aromatic N) is 2. The predicted molar refractivity (Wildman–Crippen MR) is 90.5 cm³/mol. The van der Waals surface area contributed by atoms with Crippen molar-refractivity contribution < 1.29 is 4.79 Å². The molecule has 3 rings (SSSR count). The van der Waals surface area contributed by atoms with Gasteiger partial charge in [-0.15, -0.1) is 0 Å². The van der Waals surface area contributed by atoms with Gasteiger partial charge in [0.15, 0.2) is 0 Å². The minimum absolute atomic E-state index is 0.0518. The van der Waals surface area contributed by atoms with Crippen LogP contribution in [0.2, 0.25) is 0 Å². The third kappa shape index (κ3) is 3.04. The molecule has 0 bridgehead atoms. The highest BCUT2D eigenvalue weighted by Crippen LogP contribution is 2.17. The number of hydrogen-bond acceptors (Lipinski definition) is 2. The summed E-state index contributed by atoms with van der Waals surface area (Å²) < 4.78 is 2.75. The topological polar surface area (TPSA) is 46.9 Å². The molecule has 0 radical (unpaired) electrons. The van der Waals surface area contributed by atoms with Crippen LogP contribution in [0.1, 0.15) is 11.3 Å². The Morgan fingerprint density at radius 2 is 1.91 bits per heavy atom. The highest BCUT2D eigenvalue weighted by Gasteiger charge is 2.10. The van der Waals surface area contributed by atoms with Gasteiger partial charge in [-0.2, -0.15) is 5.10 Å². The molecule has 112 valence electrons. The van der Waals surface area contributed by atoms with E-state index in [-0.39, 0.29) is 12.5 Å². The Bertz CT molecular complexity index is 826. The Kier molecular flexibility index (Phi) is 4.24. The molecular formula is C17H16BrN3O. The number of nitrogens with one attached hydrogen (secondary N) is 1. The van der Waals surface area contributed by atoms with Crippen LogP contribution in [0.3, 0.4) is 0 Å². The van der Waals surface area contributed by atoms with Crippen LogP contribution in [0.5, 0.6) is 0 Å². The van der Waals surface area contributed by atoms with Gasteiger partial charge in [-0.25, -0.2) is 0 Å². The van der Waals surface area contributed by atoms with E-state index in [1.54, 1.807) is 4.68 Å². The molecule has 3 aromatic rings. The second-order valence-corrected chi connectivity index (χ2v) is 5.98. The Hall–Kier alpha value is -2.14. The molecule has 22 heavy (non-hydrogen) atoms. The Labute approximate surface area is 137 Å². The summed E-state index contributed by atoms with van der Waals surface area (Å²) in [6.07, 6.45) is 0. The van der Waals surface area contributed by atoms with Gasteiger partial charge in [0.25, 0.3) is 0 Å². The summed E-state index contributed by atoms with van der Waals surface area (Å²) in [5, 5.41) is 8.47. The number of fused-ring (bicyclic) bond motifs is 1. The molecular weight excluding hydrogens is 342 g/mol. The second kappa shape index (κ2) is 6.32. The van der Waals surface area contributed by atoms with Crippen molar-refractivity contribution >= 4 is 32.7 Å². The van der Waals surface area contributed by atoms with Gasteiger partial charge < -0.3 is 5.32 Å². The predicted octanol–water partition coefficient (Wildman–Crippen LogP) is 3.42. The normalized spacial score (nSPS) is 10.8. The van der Waals surface area contributed by atoms with E-state index in [1.807, 2.05) is 55.5 Å². The molecule has 5 heteroatoms. The van der Waals surface area contributed by atoms with Crippen LogP contribution in [0.25, 0.3) is 10.9 Å². The smallest absolute Gasteiger partial charge is 0.242 e. The van der Waals surface area contributed by atoms with Crippen molar-refractivity contribution in [3.8, 4) is 0 Å². The number of aromatic nitrogens is 2. The lowest BCUT2D eigenvalue weighted by Gasteiger charge is -2.08. The van der Waals surface area contributed by atoms with Crippen LogP contribution in [0.15, 0.2) is 53.0 Å². The molecule has 0 saturated heterocycles. The molecule has 0 spiro atoms. The van der Waals surface area contributed by atoms with E-state index in [0.717, 1.165) is 26.6 Å². The minimum atomic E-state index is -0.0518. The van der Waals surface area contributed by atoms with E-state index in [0.29, 0.717) is 6.54 Å². The largest absolute Gasteiger partial charge is 0.350 e. The number of carbonyl (C=O) groups is 1. The molecule has 0 atom stereocenters. The van der Waals surface area contributed by atoms with Crippen molar-refractivity contribution in [2.24, 2.45) is 0 Å². The van der Waals surface area contributed by atoms with E-state index in [9.17, 15) is 4.79 Å². The molecule has 1 heterocycles. The second-order valence-electron chi connectivity index (χ2n) is 5.13. The van der Waals surface area contributed by atoms with Gasteiger partial charge in [-0.3, -0.25) is 9.48 Å². The number of para-hydroxylation sites is 1. The molecule has 1 amide bonds. The fourth-order valence-electron chi connectivity index (χ4n) is 2.44. The van der Waals surface area contributed by atoms with Crippen molar-refractivity contribution in [3.63, 3.8) is 0 Å². The van der Waals surface area contributed by atoms with Gasteiger partial charge in [0, 0.05) is 16.4 Å². The Balaban J connectivity index is 1.70. The van der Waals surface area contributed by atoms with Crippen molar-refractivity contribution in [1.82, 2.24) is 15.1 Å². The summed E-state index contributed by atoms with van der Waals surface area (Å²) in [4.78, 5) is 12.2. The molecule has 0 aliphatic rings. The van der Waals surface area contributed by atoms with Crippen LogP contribution in [-0.2, 0) is 17.9 Å². The highest BCUT2D eigenvalue weighted by molar-refractivity contribution is 9.10. The molecule has 4 nitrogen and oxygen atoms in total. The van der Waals surface area contributed by atoms with Crippen molar-refractivity contribution in [2.45, 2.75) is 20.0 Å². The van der Waals surface area contributed by atoms with Crippen molar-refractivity contribution in [2.75, 3.05) is 0 Å². The van der Waals surface area contributed by atoms with Crippen molar-refractivity contribution in [3.05, 3.63) is 64.3 Å². The first-order valence-corrected chi connectivity index (χ1v) is 7.86. The average Bonchev–Trinajstić information content (AvgIpc) is 2.83. The Morgan fingerprint density at radius 1 is 1.18 bits per heavy atom. The van der Waals surface area contributed by atoms with E-state index in [4.69, 9.17) is 0 Å². The zero-order chi connectivity index (χ0) is 15.5. The highest BCUT2D eigenvalue weighted by atomic mass is 79.9. The Morgan fingerprint density at radius 3 is 2.73 bits per heavy atom. The van der Waals surface area contributed by atoms with Crippen LogP contribution >= 0.6 is 15.9 Å². The summed E-state index contributed by atoms with van der Waals surface area (Å²) in [6.45, 7) is 2.68. The first kappa shape index (κ1) is 14.8. The van der Waals surface area contributed by atoms with Gasteiger partial charge in [0.1, 0.15) is 6.54 Å². The molecule has 0 unspecified atom stereocenters. The quantitative estimate of drug-likeness (QED) is 0.777. The fourth-order valence-corrected chi connectivity index (χ4v) is 2.87. The molecule has 0 fully saturated rings. The summed E-state index contributed by atoms with van der Waals surface area (Å²) in [7, 11) is 0. The SMILES string of the molecule is Cc1nn(CC(=O)NCc2ccccc2Br)c2ccccc12. The first-order valence-electron chi connectivity index (χ1n) is 7.07. The van der Waals surface area contributed by atoms with E-state index < -0.39 is 0 Å². The maximum atomic E-state index is 12.2. The molecule has 0 saturated carbocycles. The number of hydrogen-bond donors (Lipinski definition) is 1. The molecule has 1 aromatic heterocycles. The zero-order valence-corrected chi connectivity index (χ0v) is 13.8. The maximum absolute atomic E-state index is 12.2. The number of benzene rings is 2. The lowest BCUT2D eigenvalue weighted by Crippen LogP contribution is -2.27. The maximum Gasteiger partial charge on any atom is 0.242 e. The number of rotatable bonds is 4. The molecule has 1 N–H and O–H groups in total. The third-order valence-electron chi connectivity index (χ3n) is 3.57. The first-order chi connectivity index (χ1) is 10.6. The van der Waals surface area contributed by atoms with Crippen LogP contribution in [0.4, 0.5) is 0 Å².